The number of rotatable bonds is 10. The van der Waals surface area contributed by atoms with Crippen molar-refractivity contribution >= 4 is 28.3 Å². The molecule has 9 heteroatoms. The van der Waals surface area contributed by atoms with Gasteiger partial charge >= 0.3 is 0 Å². The van der Waals surface area contributed by atoms with E-state index in [9.17, 15) is 13.2 Å². The predicted octanol–water partition coefficient (Wildman–Crippen LogP) is -0.782. The van der Waals surface area contributed by atoms with Crippen LogP contribution in [0.3, 0.4) is 0 Å². The molecule has 0 heterocycles. The van der Waals surface area contributed by atoms with Gasteiger partial charge in [0.25, 0.3) is 0 Å². The van der Waals surface area contributed by atoms with Crippen LogP contribution in [0.2, 0.25) is 0 Å². The molecule has 0 aromatic carbocycles. The van der Waals surface area contributed by atoms with Crippen molar-refractivity contribution in [2.45, 2.75) is 25.8 Å². The number of ether oxygens (including phenoxy) is 1. The molecular formula is C11H24ClN3O4S. The smallest absolute Gasteiger partial charge is 0.235 e. The Labute approximate surface area is 126 Å². The van der Waals surface area contributed by atoms with Gasteiger partial charge in [-0.2, -0.15) is 0 Å². The van der Waals surface area contributed by atoms with Crippen molar-refractivity contribution in [2.24, 2.45) is 11.7 Å². The van der Waals surface area contributed by atoms with E-state index in [1.54, 1.807) is 6.92 Å². The van der Waals surface area contributed by atoms with Gasteiger partial charge < -0.3 is 15.8 Å². The van der Waals surface area contributed by atoms with E-state index < -0.39 is 10.0 Å². The van der Waals surface area contributed by atoms with Crippen LogP contribution in [0, 0.1) is 5.92 Å². The molecule has 0 aliphatic heterocycles. The lowest BCUT2D eigenvalue weighted by atomic mass is 10.2. The van der Waals surface area contributed by atoms with Gasteiger partial charge in [0.15, 0.2) is 0 Å². The van der Waals surface area contributed by atoms with Crippen LogP contribution in [-0.4, -0.2) is 52.4 Å². The van der Waals surface area contributed by atoms with Crippen LogP contribution in [-0.2, 0) is 19.6 Å². The molecule has 4 N–H and O–H groups in total. The van der Waals surface area contributed by atoms with Gasteiger partial charge in [-0.1, -0.05) is 0 Å². The molecule has 0 radical (unpaired) electrons. The maximum atomic E-state index is 11.5. The van der Waals surface area contributed by atoms with Crippen LogP contribution < -0.4 is 15.8 Å². The first-order chi connectivity index (χ1) is 8.94. The number of sulfonamides is 1. The maximum Gasteiger partial charge on any atom is 0.235 e. The molecule has 0 aromatic heterocycles. The minimum Gasteiger partial charge on any atom is -0.381 e. The second-order valence-corrected chi connectivity index (χ2v) is 6.57. The van der Waals surface area contributed by atoms with Gasteiger partial charge in [0, 0.05) is 19.2 Å². The Morgan fingerprint density at radius 1 is 1.45 bits per heavy atom. The first-order valence-corrected chi connectivity index (χ1v) is 8.17. The van der Waals surface area contributed by atoms with Crippen molar-refractivity contribution in [1.29, 1.82) is 0 Å². The summed E-state index contributed by atoms with van der Waals surface area (Å²) in [5.74, 6) is -0.00493. The van der Waals surface area contributed by atoms with Gasteiger partial charge in [0.1, 0.15) is 0 Å². The number of carbonyl (C=O) groups is 1. The summed E-state index contributed by atoms with van der Waals surface area (Å²) in [5, 5.41) is 2.62. The molecule has 1 amide bonds. The molecule has 1 atom stereocenters. The van der Waals surface area contributed by atoms with Crippen molar-refractivity contribution < 1.29 is 17.9 Å². The summed E-state index contributed by atoms with van der Waals surface area (Å²) >= 11 is 0. The van der Waals surface area contributed by atoms with E-state index in [-0.39, 0.29) is 43.3 Å². The van der Waals surface area contributed by atoms with Crippen LogP contribution in [0.15, 0.2) is 0 Å². The number of amides is 1. The monoisotopic (exact) mass is 329 g/mol. The molecule has 0 spiro atoms. The topological polar surface area (TPSA) is 111 Å². The zero-order valence-electron chi connectivity index (χ0n) is 11.6. The Balaban J connectivity index is 0.00000361. The van der Waals surface area contributed by atoms with Gasteiger partial charge in [-0.3, -0.25) is 4.79 Å². The quantitative estimate of drug-likeness (QED) is 0.455. The summed E-state index contributed by atoms with van der Waals surface area (Å²) in [7, 11) is -3.46. The fourth-order valence-electron chi connectivity index (χ4n) is 1.55. The third-order valence-corrected chi connectivity index (χ3v) is 4.20. The largest absolute Gasteiger partial charge is 0.381 e. The van der Waals surface area contributed by atoms with E-state index in [2.05, 4.69) is 10.0 Å². The van der Waals surface area contributed by atoms with E-state index in [0.717, 1.165) is 12.8 Å². The lowest BCUT2D eigenvalue weighted by Gasteiger charge is -2.12. The highest BCUT2D eigenvalue weighted by Crippen LogP contribution is 2.31. The fraction of sp³-hybridized carbons (Fsp3) is 0.909. The Bertz CT molecular complexity index is 387. The number of hydrogen-bond acceptors (Lipinski definition) is 5. The Morgan fingerprint density at radius 2 is 2.10 bits per heavy atom. The molecule has 1 fully saturated rings. The van der Waals surface area contributed by atoms with E-state index in [0.29, 0.717) is 19.1 Å². The highest BCUT2D eigenvalue weighted by molar-refractivity contribution is 7.89. The van der Waals surface area contributed by atoms with E-state index in [1.807, 2.05) is 0 Å². The van der Waals surface area contributed by atoms with Crippen LogP contribution in [0.25, 0.3) is 0 Å². The van der Waals surface area contributed by atoms with Crippen molar-refractivity contribution in [1.82, 2.24) is 10.0 Å². The van der Waals surface area contributed by atoms with Gasteiger partial charge in [-0.05, 0) is 25.7 Å². The van der Waals surface area contributed by atoms with Crippen LogP contribution in [0.4, 0.5) is 0 Å². The zero-order chi connectivity index (χ0) is 14.3. The molecule has 1 saturated carbocycles. The van der Waals surface area contributed by atoms with E-state index in [4.69, 9.17) is 10.5 Å². The standard InChI is InChI=1S/C11H23N3O4S.ClH/c1-2-18-5-6-19(16,17)14-8-11(15)13-7-10(12)9-3-4-9;/h9-10,14H,2-8,12H2,1H3,(H,13,15);1H. The molecule has 0 saturated heterocycles. The lowest BCUT2D eigenvalue weighted by molar-refractivity contribution is -0.120. The predicted molar refractivity (Wildman–Crippen MR) is 79.2 cm³/mol. The molecule has 1 aliphatic rings. The highest BCUT2D eigenvalue weighted by atomic mass is 35.5. The third kappa shape index (κ3) is 8.70. The molecule has 0 aromatic rings. The Morgan fingerprint density at radius 3 is 2.65 bits per heavy atom. The summed E-state index contributed by atoms with van der Waals surface area (Å²) in [6, 6.07) is -0.0292. The highest BCUT2D eigenvalue weighted by Gasteiger charge is 2.28. The van der Waals surface area contributed by atoms with Crippen LogP contribution in [0.1, 0.15) is 19.8 Å². The SMILES string of the molecule is CCOCCS(=O)(=O)NCC(=O)NCC(N)C1CC1.Cl. The summed E-state index contributed by atoms with van der Waals surface area (Å²) in [4.78, 5) is 11.4. The number of nitrogens with two attached hydrogens (primary N) is 1. The van der Waals surface area contributed by atoms with Crippen LogP contribution in [0.5, 0.6) is 0 Å². The van der Waals surface area contributed by atoms with Crippen molar-refractivity contribution in [3.8, 4) is 0 Å². The van der Waals surface area contributed by atoms with Crippen molar-refractivity contribution in [3.63, 3.8) is 0 Å². The first-order valence-electron chi connectivity index (χ1n) is 6.52. The Hall–Kier alpha value is -0.410. The Kier molecular flexibility index (Phi) is 9.32. The average molecular weight is 330 g/mol. The van der Waals surface area contributed by atoms with E-state index >= 15 is 0 Å². The molecule has 20 heavy (non-hydrogen) atoms. The minimum atomic E-state index is -3.46. The first kappa shape index (κ1) is 19.6. The minimum absolute atomic E-state index is 0. The zero-order valence-corrected chi connectivity index (χ0v) is 13.3. The molecule has 1 unspecified atom stereocenters. The molecule has 0 bridgehead atoms. The maximum absolute atomic E-state index is 11.5. The lowest BCUT2D eigenvalue weighted by Crippen LogP contribution is -2.43. The number of hydrogen-bond donors (Lipinski definition) is 3. The molecule has 7 nitrogen and oxygen atoms in total. The van der Waals surface area contributed by atoms with Crippen molar-refractivity contribution in [3.05, 3.63) is 0 Å². The number of nitrogens with one attached hydrogen (secondary N) is 2. The molecule has 120 valence electrons. The summed E-state index contributed by atoms with van der Waals surface area (Å²) in [5.41, 5.74) is 5.82. The molecule has 1 rings (SSSR count). The van der Waals surface area contributed by atoms with Crippen molar-refractivity contribution in [2.75, 3.05) is 32.1 Å². The molecule has 1 aliphatic carbocycles. The summed E-state index contributed by atoms with van der Waals surface area (Å²) in [6.07, 6.45) is 2.22. The average Bonchev–Trinajstić information content (AvgIpc) is 3.18. The van der Waals surface area contributed by atoms with Gasteiger partial charge in [0.2, 0.25) is 15.9 Å². The number of halogens is 1. The van der Waals surface area contributed by atoms with Gasteiger partial charge in [-0.25, -0.2) is 13.1 Å². The fourth-order valence-corrected chi connectivity index (χ4v) is 2.38. The van der Waals surface area contributed by atoms with Gasteiger partial charge in [-0.15, -0.1) is 12.4 Å². The van der Waals surface area contributed by atoms with Gasteiger partial charge in [0.05, 0.1) is 18.9 Å². The molecular weight excluding hydrogens is 306 g/mol. The number of carbonyl (C=O) groups excluding carboxylic acids is 1. The second kappa shape index (κ2) is 9.51. The summed E-state index contributed by atoms with van der Waals surface area (Å²) < 4.78 is 30.1. The van der Waals surface area contributed by atoms with Crippen LogP contribution >= 0.6 is 12.4 Å². The second-order valence-electron chi connectivity index (χ2n) is 4.64. The summed E-state index contributed by atoms with van der Waals surface area (Å²) in [6.45, 7) is 2.52. The van der Waals surface area contributed by atoms with E-state index in [1.165, 1.54) is 0 Å². The normalized spacial score (nSPS) is 16.3. The third-order valence-electron chi connectivity index (χ3n) is 2.92.